The minimum atomic E-state index is -0.948. The fourth-order valence-electron chi connectivity index (χ4n) is 4.12. The zero-order valence-electron chi connectivity index (χ0n) is 18.6. The van der Waals surface area contributed by atoms with Gasteiger partial charge in [-0.05, 0) is 55.8 Å². The molecular formula is C23H31F2N3O5. The molecule has 2 aliphatic rings. The van der Waals surface area contributed by atoms with Crippen molar-refractivity contribution in [2.24, 2.45) is 11.8 Å². The lowest BCUT2D eigenvalue weighted by Gasteiger charge is -2.25. The maximum atomic E-state index is 13.4. The first-order valence-electron chi connectivity index (χ1n) is 11.3. The molecule has 0 bridgehead atoms. The van der Waals surface area contributed by atoms with E-state index in [4.69, 9.17) is 4.74 Å². The summed E-state index contributed by atoms with van der Waals surface area (Å²) in [6.45, 7) is 0.614. The van der Waals surface area contributed by atoms with Crippen LogP contribution in [0.5, 0.6) is 0 Å². The Balaban J connectivity index is 1.59. The fraction of sp³-hybridized carbons (Fsp3) is 0.609. The van der Waals surface area contributed by atoms with Crippen LogP contribution in [-0.4, -0.2) is 54.9 Å². The van der Waals surface area contributed by atoms with Crippen LogP contribution in [0.1, 0.15) is 44.1 Å². The number of aryl methyl sites for hydroxylation is 1. The Morgan fingerprint density at radius 2 is 1.79 bits per heavy atom. The van der Waals surface area contributed by atoms with E-state index in [9.17, 15) is 28.3 Å². The van der Waals surface area contributed by atoms with Crippen LogP contribution in [-0.2, 0) is 25.5 Å². The highest BCUT2D eigenvalue weighted by atomic mass is 19.1. The van der Waals surface area contributed by atoms with Crippen molar-refractivity contribution in [3.05, 3.63) is 35.4 Å². The van der Waals surface area contributed by atoms with Gasteiger partial charge in [0.05, 0.1) is 7.11 Å². The molecule has 3 rings (SSSR count). The molecule has 1 aromatic carbocycles. The first-order valence-corrected chi connectivity index (χ1v) is 11.3. The normalized spacial score (nSPS) is 21.8. The summed E-state index contributed by atoms with van der Waals surface area (Å²) >= 11 is 0. The molecule has 1 unspecified atom stereocenters. The molecule has 8 nitrogen and oxygen atoms in total. The maximum Gasteiger partial charge on any atom is 0.328 e. The van der Waals surface area contributed by atoms with Crippen LogP contribution in [0.2, 0.25) is 0 Å². The van der Waals surface area contributed by atoms with Gasteiger partial charge >= 0.3 is 5.97 Å². The molecule has 1 saturated carbocycles. The number of rotatable bonds is 11. The second kappa shape index (κ2) is 11.5. The Morgan fingerprint density at radius 1 is 1.09 bits per heavy atom. The molecule has 1 saturated heterocycles. The summed E-state index contributed by atoms with van der Waals surface area (Å²) in [6.07, 6.45) is 2.55. The molecule has 33 heavy (non-hydrogen) atoms. The predicted molar refractivity (Wildman–Crippen MR) is 115 cm³/mol. The molecule has 2 fully saturated rings. The molecule has 1 aromatic rings. The van der Waals surface area contributed by atoms with Gasteiger partial charge in [-0.25, -0.2) is 13.6 Å². The van der Waals surface area contributed by atoms with Gasteiger partial charge in [-0.3, -0.25) is 14.9 Å². The number of hydrogen-bond acceptors (Lipinski definition) is 6. The Kier molecular flexibility index (Phi) is 8.74. The van der Waals surface area contributed by atoms with E-state index in [1.165, 1.54) is 7.11 Å². The lowest BCUT2D eigenvalue weighted by Crippen LogP contribution is -2.52. The van der Waals surface area contributed by atoms with Gasteiger partial charge in [-0.15, -0.1) is 0 Å². The second-order valence-electron chi connectivity index (χ2n) is 8.84. The third-order valence-corrected chi connectivity index (χ3v) is 6.14. The molecular weight excluding hydrogens is 436 g/mol. The topological polar surface area (TPSA) is 117 Å². The van der Waals surface area contributed by atoms with Crippen molar-refractivity contribution in [2.75, 3.05) is 13.7 Å². The maximum absolute atomic E-state index is 13.4. The van der Waals surface area contributed by atoms with Crippen molar-refractivity contribution >= 4 is 17.8 Å². The van der Waals surface area contributed by atoms with Crippen LogP contribution in [0, 0.1) is 23.5 Å². The standard InChI is InChI=1S/C23H31F2N3O5/c1-33-23(32)19(11-15-6-7-26-21(15)30)28-22(31)18(10-13-2-3-13)27-20(29)5-4-14-8-16(24)12-17(25)9-14/h8-9,12-13,15,18-19,21,26,30H,2-7,10-11H2,1H3,(H,27,29)(H,28,31)/t15-,18-,19-,21?/m0/s1. The highest BCUT2D eigenvalue weighted by Gasteiger charge is 2.35. The van der Waals surface area contributed by atoms with Crippen LogP contribution >= 0.6 is 0 Å². The van der Waals surface area contributed by atoms with Crippen molar-refractivity contribution in [1.82, 2.24) is 16.0 Å². The van der Waals surface area contributed by atoms with Crippen molar-refractivity contribution in [2.45, 2.75) is 63.3 Å². The number of aliphatic hydroxyl groups excluding tert-OH is 1. The van der Waals surface area contributed by atoms with Crippen molar-refractivity contribution in [1.29, 1.82) is 0 Å². The molecule has 1 aliphatic heterocycles. The summed E-state index contributed by atoms with van der Waals surface area (Å²) in [4.78, 5) is 37.7. The van der Waals surface area contributed by atoms with Crippen LogP contribution < -0.4 is 16.0 Å². The van der Waals surface area contributed by atoms with Crippen molar-refractivity contribution in [3.63, 3.8) is 0 Å². The second-order valence-corrected chi connectivity index (χ2v) is 8.84. The van der Waals surface area contributed by atoms with Gasteiger partial charge in [0, 0.05) is 18.4 Å². The quantitative estimate of drug-likeness (QED) is 0.363. The van der Waals surface area contributed by atoms with Crippen LogP contribution in [0.15, 0.2) is 18.2 Å². The number of carbonyl (C=O) groups excluding carboxylic acids is 3. The first-order chi connectivity index (χ1) is 15.7. The SMILES string of the molecule is COC(=O)[C@H](C[C@@H]1CCNC1O)NC(=O)[C@H](CC1CC1)NC(=O)CCc1cc(F)cc(F)c1. The predicted octanol–water partition coefficient (Wildman–Crippen LogP) is 1.16. The van der Waals surface area contributed by atoms with E-state index >= 15 is 0 Å². The number of benzene rings is 1. The highest BCUT2D eigenvalue weighted by Crippen LogP contribution is 2.33. The molecule has 4 N–H and O–H groups in total. The number of aliphatic hydroxyl groups is 1. The monoisotopic (exact) mass is 467 g/mol. The van der Waals surface area contributed by atoms with Gasteiger partial charge in [0.15, 0.2) is 0 Å². The third kappa shape index (κ3) is 7.75. The minimum absolute atomic E-state index is 0.0439. The average Bonchev–Trinajstić information content (AvgIpc) is 3.50. The first kappa shape index (κ1) is 25.0. The summed E-state index contributed by atoms with van der Waals surface area (Å²) in [6, 6.07) is 1.30. The number of halogens is 2. The van der Waals surface area contributed by atoms with Gasteiger partial charge in [0.1, 0.15) is 29.9 Å². The zero-order valence-corrected chi connectivity index (χ0v) is 18.6. The third-order valence-electron chi connectivity index (χ3n) is 6.14. The van der Waals surface area contributed by atoms with E-state index in [2.05, 4.69) is 16.0 Å². The number of carbonyl (C=O) groups is 3. The smallest absolute Gasteiger partial charge is 0.328 e. The molecule has 2 amide bonds. The minimum Gasteiger partial charge on any atom is -0.467 e. The van der Waals surface area contributed by atoms with E-state index in [-0.39, 0.29) is 25.2 Å². The van der Waals surface area contributed by atoms with Crippen LogP contribution in [0.4, 0.5) is 8.78 Å². The molecule has 0 radical (unpaired) electrons. The number of hydrogen-bond donors (Lipinski definition) is 4. The Morgan fingerprint density at radius 3 is 2.36 bits per heavy atom. The van der Waals surface area contributed by atoms with E-state index in [0.29, 0.717) is 30.9 Å². The Bertz CT molecular complexity index is 844. The average molecular weight is 468 g/mol. The summed E-state index contributed by atoms with van der Waals surface area (Å²) in [7, 11) is 1.23. The van der Waals surface area contributed by atoms with Crippen LogP contribution in [0.3, 0.4) is 0 Å². The van der Waals surface area contributed by atoms with E-state index in [1.807, 2.05) is 0 Å². The molecule has 0 spiro atoms. The molecule has 1 aliphatic carbocycles. The summed E-state index contributed by atoms with van der Waals surface area (Å²) in [5, 5.41) is 18.3. The Labute approximate surface area is 191 Å². The molecule has 4 atom stereocenters. The van der Waals surface area contributed by atoms with E-state index in [0.717, 1.165) is 31.0 Å². The molecule has 1 heterocycles. The van der Waals surface area contributed by atoms with Gasteiger partial charge in [0.2, 0.25) is 11.8 Å². The lowest BCUT2D eigenvalue weighted by molar-refractivity contribution is -0.146. The van der Waals surface area contributed by atoms with Gasteiger partial charge < -0.3 is 20.5 Å². The summed E-state index contributed by atoms with van der Waals surface area (Å²) in [5.41, 5.74) is 0.348. The largest absolute Gasteiger partial charge is 0.467 e. The number of nitrogens with one attached hydrogen (secondary N) is 3. The number of ether oxygens (including phenoxy) is 1. The van der Waals surface area contributed by atoms with E-state index in [1.54, 1.807) is 0 Å². The number of amides is 2. The molecule has 0 aromatic heterocycles. The Hall–Kier alpha value is -2.59. The highest BCUT2D eigenvalue weighted by molar-refractivity contribution is 5.90. The number of methoxy groups -OCH3 is 1. The summed E-state index contributed by atoms with van der Waals surface area (Å²) in [5.74, 6) is -2.87. The number of esters is 1. The van der Waals surface area contributed by atoms with Crippen molar-refractivity contribution < 1.29 is 33.0 Å². The van der Waals surface area contributed by atoms with Gasteiger partial charge in [0.25, 0.3) is 0 Å². The molecule has 10 heteroatoms. The molecule has 182 valence electrons. The van der Waals surface area contributed by atoms with E-state index < -0.39 is 47.7 Å². The zero-order chi connectivity index (χ0) is 24.0. The van der Waals surface area contributed by atoms with Gasteiger partial charge in [-0.2, -0.15) is 0 Å². The fourth-order valence-corrected chi connectivity index (χ4v) is 4.12. The lowest BCUT2D eigenvalue weighted by atomic mass is 9.97. The van der Waals surface area contributed by atoms with Crippen LogP contribution in [0.25, 0.3) is 0 Å². The summed E-state index contributed by atoms with van der Waals surface area (Å²) < 4.78 is 31.5. The van der Waals surface area contributed by atoms with Crippen molar-refractivity contribution in [3.8, 4) is 0 Å². The van der Waals surface area contributed by atoms with Gasteiger partial charge in [-0.1, -0.05) is 12.8 Å².